The van der Waals surface area contributed by atoms with Gasteiger partial charge in [0.05, 0.1) is 18.4 Å². The van der Waals surface area contributed by atoms with Gasteiger partial charge >= 0.3 is 0 Å². The number of fused-ring (bicyclic) bond motifs is 1. The molecule has 0 saturated carbocycles. The van der Waals surface area contributed by atoms with Crippen LogP contribution in [0.1, 0.15) is 0 Å². The molecule has 4 aromatic rings. The number of benzene rings is 3. The number of aromatic nitrogens is 2. The third-order valence-electron chi connectivity index (χ3n) is 4.16. The van der Waals surface area contributed by atoms with Gasteiger partial charge in [-0.1, -0.05) is 53.7 Å². The van der Waals surface area contributed by atoms with E-state index in [-0.39, 0.29) is 22.8 Å². The second-order valence-electron chi connectivity index (χ2n) is 6.12. The highest BCUT2D eigenvalue weighted by Gasteiger charge is 2.15. The number of amides is 1. The number of hydrogen-bond donors (Lipinski definition) is 1. The summed E-state index contributed by atoms with van der Waals surface area (Å²) in [6, 6.07) is 18.9. The molecule has 29 heavy (non-hydrogen) atoms. The lowest BCUT2D eigenvalue weighted by Crippen LogP contribution is -2.13. The number of nitrogens with one attached hydrogen (secondary N) is 1. The molecular formula is C21H16ClN3O3S. The predicted octanol–water partition coefficient (Wildman–Crippen LogP) is 5.28. The van der Waals surface area contributed by atoms with E-state index in [1.807, 2.05) is 42.5 Å². The highest BCUT2D eigenvalue weighted by molar-refractivity contribution is 7.99. The van der Waals surface area contributed by atoms with Gasteiger partial charge in [-0.2, -0.15) is 0 Å². The maximum atomic E-state index is 12.3. The summed E-state index contributed by atoms with van der Waals surface area (Å²) in [5.74, 6) is 0.831. The molecule has 0 aliphatic rings. The molecule has 1 N–H and O–H groups in total. The first-order valence-electron chi connectivity index (χ1n) is 8.71. The number of halogens is 1. The van der Waals surface area contributed by atoms with Crippen molar-refractivity contribution in [2.24, 2.45) is 0 Å². The summed E-state index contributed by atoms with van der Waals surface area (Å²) in [6.07, 6.45) is 0. The van der Waals surface area contributed by atoms with Gasteiger partial charge in [-0.3, -0.25) is 4.79 Å². The van der Waals surface area contributed by atoms with E-state index < -0.39 is 0 Å². The number of carbonyl (C=O) groups is 1. The summed E-state index contributed by atoms with van der Waals surface area (Å²) >= 11 is 7.20. The lowest BCUT2D eigenvalue weighted by molar-refractivity contribution is -0.113. The van der Waals surface area contributed by atoms with Gasteiger partial charge in [0.2, 0.25) is 5.91 Å². The fourth-order valence-electron chi connectivity index (χ4n) is 2.82. The zero-order valence-electron chi connectivity index (χ0n) is 15.4. The molecule has 0 saturated heterocycles. The standard InChI is InChI=1S/C21H16ClN3O3S/c1-27-18-9-7-15(22)11-17(18)20-24-25-21(28-20)29-12-19(26)23-16-8-6-13-4-2-3-5-14(13)10-16/h2-11H,12H2,1H3,(H,23,26). The number of ether oxygens (including phenoxy) is 1. The van der Waals surface area contributed by atoms with E-state index in [9.17, 15) is 4.79 Å². The fraction of sp³-hybridized carbons (Fsp3) is 0.0952. The zero-order valence-corrected chi connectivity index (χ0v) is 17.0. The number of thioether (sulfide) groups is 1. The molecule has 0 radical (unpaired) electrons. The van der Waals surface area contributed by atoms with Crippen molar-refractivity contribution in [1.29, 1.82) is 0 Å². The Kier molecular flexibility index (Phi) is 5.69. The van der Waals surface area contributed by atoms with Crippen LogP contribution in [0.2, 0.25) is 5.02 Å². The minimum absolute atomic E-state index is 0.140. The van der Waals surface area contributed by atoms with Crippen molar-refractivity contribution in [1.82, 2.24) is 10.2 Å². The number of carbonyl (C=O) groups excluding carboxylic acids is 1. The average molecular weight is 426 g/mol. The first-order chi connectivity index (χ1) is 14.1. The minimum atomic E-state index is -0.162. The molecule has 0 unspecified atom stereocenters. The van der Waals surface area contributed by atoms with Crippen molar-refractivity contribution in [2.75, 3.05) is 18.2 Å². The van der Waals surface area contributed by atoms with Crippen LogP contribution in [0, 0.1) is 0 Å². The lowest BCUT2D eigenvalue weighted by atomic mass is 10.1. The van der Waals surface area contributed by atoms with Gasteiger partial charge in [-0.25, -0.2) is 0 Å². The molecule has 1 heterocycles. The molecule has 4 rings (SSSR count). The normalized spacial score (nSPS) is 10.8. The molecule has 0 fully saturated rings. The topological polar surface area (TPSA) is 77.2 Å². The van der Waals surface area contributed by atoms with E-state index in [4.69, 9.17) is 20.8 Å². The number of anilines is 1. The third-order valence-corrected chi connectivity index (χ3v) is 5.21. The van der Waals surface area contributed by atoms with Gasteiger partial charge in [-0.15, -0.1) is 10.2 Å². The van der Waals surface area contributed by atoms with Crippen LogP contribution in [-0.4, -0.2) is 29.0 Å². The molecule has 0 aliphatic carbocycles. The maximum Gasteiger partial charge on any atom is 0.277 e. The van der Waals surface area contributed by atoms with Crippen LogP contribution in [0.25, 0.3) is 22.2 Å². The summed E-state index contributed by atoms with van der Waals surface area (Å²) in [5, 5.41) is 13.9. The Morgan fingerprint density at radius 3 is 2.76 bits per heavy atom. The van der Waals surface area contributed by atoms with Crippen LogP contribution in [-0.2, 0) is 4.79 Å². The van der Waals surface area contributed by atoms with E-state index in [0.717, 1.165) is 28.2 Å². The average Bonchev–Trinajstić information content (AvgIpc) is 3.21. The molecule has 6 nitrogen and oxygen atoms in total. The number of hydrogen-bond acceptors (Lipinski definition) is 6. The molecule has 8 heteroatoms. The third kappa shape index (κ3) is 4.52. The van der Waals surface area contributed by atoms with Gasteiger partial charge < -0.3 is 14.5 Å². The molecule has 0 atom stereocenters. The predicted molar refractivity (Wildman–Crippen MR) is 115 cm³/mol. The largest absolute Gasteiger partial charge is 0.496 e. The fourth-order valence-corrected chi connectivity index (χ4v) is 3.55. The van der Waals surface area contributed by atoms with Gasteiger partial charge in [0.25, 0.3) is 11.1 Å². The van der Waals surface area contributed by atoms with Crippen molar-refractivity contribution in [3.63, 3.8) is 0 Å². The Morgan fingerprint density at radius 1 is 1.10 bits per heavy atom. The van der Waals surface area contributed by atoms with Crippen molar-refractivity contribution >= 4 is 45.7 Å². The van der Waals surface area contributed by atoms with Crippen molar-refractivity contribution < 1.29 is 13.9 Å². The van der Waals surface area contributed by atoms with Gasteiger partial charge in [0.1, 0.15) is 5.75 Å². The molecule has 146 valence electrons. The monoisotopic (exact) mass is 425 g/mol. The Labute approximate surface area is 176 Å². The van der Waals surface area contributed by atoms with Crippen LogP contribution in [0.15, 0.2) is 70.3 Å². The molecule has 0 bridgehead atoms. The van der Waals surface area contributed by atoms with Crippen LogP contribution in [0.5, 0.6) is 5.75 Å². The highest BCUT2D eigenvalue weighted by Crippen LogP contribution is 2.33. The summed E-state index contributed by atoms with van der Waals surface area (Å²) in [5.41, 5.74) is 1.34. The van der Waals surface area contributed by atoms with Crippen molar-refractivity contribution in [3.05, 3.63) is 65.7 Å². The van der Waals surface area contributed by atoms with E-state index in [1.165, 1.54) is 0 Å². The van der Waals surface area contributed by atoms with Gasteiger partial charge in [0, 0.05) is 10.7 Å². The van der Waals surface area contributed by atoms with E-state index >= 15 is 0 Å². The molecule has 0 aliphatic heterocycles. The Bertz CT molecular complexity index is 1180. The summed E-state index contributed by atoms with van der Waals surface area (Å²) in [6.45, 7) is 0. The molecule has 1 amide bonds. The van der Waals surface area contributed by atoms with Crippen molar-refractivity contribution in [2.45, 2.75) is 5.22 Å². The minimum Gasteiger partial charge on any atom is -0.496 e. The molecule has 1 aromatic heterocycles. The SMILES string of the molecule is COc1ccc(Cl)cc1-c1nnc(SCC(=O)Nc2ccc3ccccc3c2)o1. The van der Waals surface area contributed by atoms with Crippen molar-refractivity contribution in [3.8, 4) is 17.2 Å². The van der Waals surface area contributed by atoms with Gasteiger partial charge in [-0.05, 0) is 41.1 Å². The van der Waals surface area contributed by atoms with Crippen LogP contribution >= 0.6 is 23.4 Å². The molecule has 0 spiro atoms. The number of nitrogens with zero attached hydrogens (tertiary/aromatic N) is 2. The lowest BCUT2D eigenvalue weighted by Gasteiger charge is -2.06. The summed E-state index contributed by atoms with van der Waals surface area (Å²) < 4.78 is 10.9. The number of methoxy groups -OCH3 is 1. The van der Waals surface area contributed by atoms with E-state index in [1.54, 1.807) is 25.3 Å². The highest BCUT2D eigenvalue weighted by atomic mass is 35.5. The molecule has 3 aromatic carbocycles. The quantitative estimate of drug-likeness (QED) is 0.423. The van der Waals surface area contributed by atoms with Gasteiger partial charge in [0.15, 0.2) is 0 Å². The molecular weight excluding hydrogens is 410 g/mol. The number of rotatable bonds is 6. The van der Waals surface area contributed by atoms with Crippen LogP contribution < -0.4 is 10.1 Å². The second kappa shape index (κ2) is 8.55. The first kappa shape index (κ1) is 19.3. The summed E-state index contributed by atoms with van der Waals surface area (Å²) in [4.78, 5) is 12.3. The van der Waals surface area contributed by atoms with E-state index in [0.29, 0.717) is 16.3 Å². The maximum absolute atomic E-state index is 12.3. The van der Waals surface area contributed by atoms with Crippen LogP contribution in [0.3, 0.4) is 0 Å². The summed E-state index contributed by atoms with van der Waals surface area (Å²) in [7, 11) is 1.55. The van der Waals surface area contributed by atoms with E-state index in [2.05, 4.69) is 15.5 Å². The Hall–Kier alpha value is -3.03. The zero-order chi connectivity index (χ0) is 20.2. The Balaban J connectivity index is 1.40. The Morgan fingerprint density at radius 2 is 1.93 bits per heavy atom. The van der Waals surface area contributed by atoms with Crippen LogP contribution in [0.4, 0.5) is 5.69 Å². The smallest absolute Gasteiger partial charge is 0.277 e. The first-order valence-corrected chi connectivity index (χ1v) is 10.1. The second-order valence-corrected chi connectivity index (χ2v) is 7.48.